The van der Waals surface area contributed by atoms with E-state index in [0.29, 0.717) is 0 Å². The molecular weight excluding hydrogens is 172 g/mol. The van der Waals surface area contributed by atoms with E-state index >= 15 is 0 Å². The summed E-state index contributed by atoms with van der Waals surface area (Å²) in [6, 6.07) is 0. The first kappa shape index (κ1) is 12.0. The second kappa shape index (κ2) is 6.41. The monoisotopic (exact) mass is 198 g/mol. The lowest BCUT2D eigenvalue weighted by Gasteiger charge is -2.33. The highest BCUT2D eigenvalue weighted by molar-refractivity contribution is 4.87. The van der Waals surface area contributed by atoms with Gasteiger partial charge in [0.25, 0.3) is 0 Å². The van der Waals surface area contributed by atoms with Crippen LogP contribution in [0.25, 0.3) is 0 Å². The lowest BCUT2D eigenvalue weighted by atomic mass is 9.80. The maximum absolute atomic E-state index is 6.33. The van der Waals surface area contributed by atoms with Crippen molar-refractivity contribution in [2.45, 2.75) is 63.8 Å². The number of rotatable bonds is 6. The fourth-order valence-corrected chi connectivity index (χ4v) is 2.27. The summed E-state index contributed by atoms with van der Waals surface area (Å²) in [5, 5.41) is 3.48. The van der Waals surface area contributed by atoms with Crippen LogP contribution >= 0.6 is 0 Å². The molecule has 1 saturated carbocycles. The molecule has 1 aliphatic carbocycles. The smallest absolute Gasteiger partial charge is 0.0166 e. The zero-order chi connectivity index (χ0) is 10.3. The van der Waals surface area contributed by atoms with E-state index in [2.05, 4.69) is 12.2 Å². The molecule has 2 nitrogen and oxygen atoms in total. The molecule has 0 saturated heterocycles. The maximum Gasteiger partial charge on any atom is 0.0166 e. The summed E-state index contributed by atoms with van der Waals surface area (Å²) in [7, 11) is 0. The Balaban J connectivity index is 2.03. The molecule has 3 N–H and O–H groups in total. The number of hydrogen-bond acceptors (Lipinski definition) is 2. The van der Waals surface area contributed by atoms with Crippen LogP contribution in [0.3, 0.4) is 0 Å². The van der Waals surface area contributed by atoms with Crippen molar-refractivity contribution < 1.29 is 0 Å². The van der Waals surface area contributed by atoms with Gasteiger partial charge < -0.3 is 11.1 Å². The van der Waals surface area contributed by atoms with Crippen LogP contribution < -0.4 is 11.1 Å². The van der Waals surface area contributed by atoms with Crippen molar-refractivity contribution in [2.75, 3.05) is 13.1 Å². The molecule has 14 heavy (non-hydrogen) atoms. The molecule has 1 rings (SSSR count). The maximum atomic E-state index is 6.33. The third-order valence-corrected chi connectivity index (χ3v) is 3.36. The Hall–Kier alpha value is -0.0800. The summed E-state index contributed by atoms with van der Waals surface area (Å²) in [5.74, 6) is 0. The predicted molar refractivity (Wildman–Crippen MR) is 62.4 cm³/mol. The van der Waals surface area contributed by atoms with E-state index in [0.717, 1.165) is 19.5 Å². The molecular formula is C12H26N2. The average Bonchev–Trinajstić information content (AvgIpc) is 2.18. The number of unbranched alkanes of at least 4 members (excludes halogenated alkanes) is 1. The second-order valence-corrected chi connectivity index (χ2v) is 4.78. The summed E-state index contributed by atoms with van der Waals surface area (Å²) >= 11 is 0. The zero-order valence-electron chi connectivity index (χ0n) is 9.65. The minimum atomic E-state index is 0.164. The van der Waals surface area contributed by atoms with Crippen LogP contribution in [0.4, 0.5) is 0 Å². The van der Waals surface area contributed by atoms with Crippen LogP contribution in [-0.4, -0.2) is 18.6 Å². The van der Waals surface area contributed by atoms with Crippen LogP contribution in [0.15, 0.2) is 0 Å². The average molecular weight is 198 g/mol. The first-order valence-corrected chi connectivity index (χ1v) is 6.26. The standard InChI is InChI=1S/C12H26N2/c1-2-3-10-14-11-9-12(13)7-5-4-6-8-12/h14H,2-11,13H2,1H3. The quantitative estimate of drug-likeness (QED) is 0.643. The summed E-state index contributed by atoms with van der Waals surface area (Å²) in [4.78, 5) is 0. The second-order valence-electron chi connectivity index (χ2n) is 4.78. The molecule has 0 aromatic carbocycles. The first-order chi connectivity index (χ1) is 6.77. The molecule has 0 unspecified atom stereocenters. The molecule has 0 bridgehead atoms. The molecule has 1 fully saturated rings. The van der Waals surface area contributed by atoms with E-state index in [1.54, 1.807) is 0 Å². The molecule has 0 heterocycles. The van der Waals surface area contributed by atoms with Crippen LogP contribution in [0.5, 0.6) is 0 Å². The van der Waals surface area contributed by atoms with Gasteiger partial charge in [0.1, 0.15) is 0 Å². The Labute approximate surface area is 88.6 Å². The number of hydrogen-bond donors (Lipinski definition) is 2. The molecule has 0 aromatic rings. The lowest BCUT2D eigenvalue weighted by Crippen LogP contribution is -2.44. The molecule has 0 amide bonds. The SMILES string of the molecule is CCCCNCCC1(N)CCCCC1. The predicted octanol–water partition coefficient (Wildman–Crippen LogP) is 2.43. The molecule has 0 radical (unpaired) electrons. The minimum absolute atomic E-state index is 0.164. The molecule has 0 spiro atoms. The van der Waals surface area contributed by atoms with Crippen molar-refractivity contribution in [1.29, 1.82) is 0 Å². The van der Waals surface area contributed by atoms with E-state index < -0.39 is 0 Å². The highest BCUT2D eigenvalue weighted by Gasteiger charge is 2.26. The third kappa shape index (κ3) is 4.43. The Kier molecular flexibility index (Phi) is 5.49. The minimum Gasteiger partial charge on any atom is -0.325 e. The van der Waals surface area contributed by atoms with Crippen molar-refractivity contribution in [3.8, 4) is 0 Å². The summed E-state index contributed by atoms with van der Waals surface area (Å²) in [6.45, 7) is 4.50. The van der Waals surface area contributed by atoms with Crippen molar-refractivity contribution in [3.05, 3.63) is 0 Å². The van der Waals surface area contributed by atoms with Crippen molar-refractivity contribution in [1.82, 2.24) is 5.32 Å². The molecule has 0 atom stereocenters. The third-order valence-electron chi connectivity index (χ3n) is 3.36. The van der Waals surface area contributed by atoms with Gasteiger partial charge in [-0.15, -0.1) is 0 Å². The van der Waals surface area contributed by atoms with Crippen molar-refractivity contribution in [2.24, 2.45) is 5.73 Å². The van der Waals surface area contributed by atoms with Gasteiger partial charge in [0.05, 0.1) is 0 Å². The Morgan fingerprint density at radius 2 is 1.86 bits per heavy atom. The van der Waals surface area contributed by atoms with Gasteiger partial charge in [0, 0.05) is 5.54 Å². The Morgan fingerprint density at radius 1 is 1.14 bits per heavy atom. The van der Waals surface area contributed by atoms with Crippen LogP contribution in [0.2, 0.25) is 0 Å². The number of nitrogens with two attached hydrogens (primary N) is 1. The lowest BCUT2D eigenvalue weighted by molar-refractivity contribution is 0.275. The van der Waals surface area contributed by atoms with E-state index in [9.17, 15) is 0 Å². The van der Waals surface area contributed by atoms with Crippen LogP contribution in [0.1, 0.15) is 58.3 Å². The fourth-order valence-electron chi connectivity index (χ4n) is 2.27. The summed E-state index contributed by atoms with van der Waals surface area (Å²) < 4.78 is 0. The van der Waals surface area contributed by atoms with Crippen LogP contribution in [-0.2, 0) is 0 Å². The Bertz CT molecular complexity index is 139. The number of nitrogens with one attached hydrogen (secondary N) is 1. The van der Waals surface area contributed by atoms with Gasteiger partial charge in [-0.2, -0.15) is 0 Å². The topological polar surface area (TPSA) is 38.0 Å². The zero-order valence-corrected chi connectivity index (χ0v) is 9.65. The molecule has 0 aromatic heterocycles. The summed E-state index contributed by atoms with van der Waals surface area (Å²) in [6.07, 6.45) is 10.3. The van der Waals surface area contributed by atoms with Gasteiger partial charge in [0.15, 0.2) is 0 Å². The fraction of sp³-hybridized carbons (Fsp3) is 1.00. The highest BCUT2D eigenvalue weighted by atomic mass is 14.9. The van der Waals surface area contributed by atoms with E-state index in [1.165, 1.54) is 44.9 Å². The highest BCUT2D eigenvalue weighted by Crippen LogP contribution is 2.28. The van der Waals surface area contributed by atoms with Gasteiger partial charge in [-0.25, -0.2) is 0 Å². The van der Waals surface area contributed by atoms with Gasteiger partial charge in [-0.3, -0.25) is 0 Å². The van der Waals surface area contributed by atoms with Crippen molar-refractivity contribution >= 4 is 0 Å². The van der Waals surface area contributed by atoms with E-state index in [4.69, 9.17) is 5.73 Å². The molecule has 84 valence electrons. The van der Waals surface area contributed by atoms with Crippen molar-refractivity contribution in [3.63, 3.8) is 0 Å². The van der Waals surface area contributed by atoms with Gasteiger partial charge in [0.2, 0.25) is 0 Å². The van der Waals surface area contributed by atoms with Crippen LogP contribution in [0, 0.1) is 0 Å². The normalized spacial score (nSPS) is 21.0. The van der Waals surface area contributed by atoms with Gasteiger partial charge >= 0.3 is 0 Å². The molecule has 0 aliphatic heterocycles. The van der Waals surface area contributed by atoms with Gasteiger partial charge in [-0.05, 0) is 38.8 Å². The first-order valence-electron chi connectivity index (χ1n) is 6.26. The van der Waals surface area contributed by atoms with E-state index in [1.807, 2.05) is 0 Å². The van der Waals surface area contributed by atoms with E-state index in [-0.39, 0.29) is 5.54 Å². The van der Waals surface area contributed by atoms with Gasteiger partial charge in [-0.1, -0.05) is 32.6 Å². The largest absolute Gasteiger partial charge is 0.325 e. The summed E-state index contributed by atoms with van der Waals surface area (Å²) in [5.41, 5.74) is 6.50. The molecule has 2 heteroatoms. The Morgan fingerprint density at radius 3 is 2.50 bits per heavy atom. The molecule has 1 aliphatic rings.